The Kier molecular flexibility index (Phi) is 8.56. The van der Waals surface area contributed by atoms with Gasteiger partial charge in [-0.3, -0.25) is 4.79 Å². The summed E-state index contributed by atoms with van der Waals surface area (Å²) >= 11 is 0. The first-order valence-electron chi connectivity index (χ1n) is 9.26. The molecule has 1 amide bonds. The van der Waals surface area contributed by atoms with Crippen molar-refractivity contribution >= 4 is 46.8 Å². The number of hydrogen-bond donors (Lipinski definition) is 2. The van der Waals surface area contributed by atoms with E-state index in [0.717, 1.165) is 34.5 Å². The minimum Gasteiger partial charge on any atom is -0.469 e. The van der Waals surface area contributed by atoms with Gasteiger partial charge in [0, 0.05) is 38.0 Å². The number of nitrogens with zero attached hydrogens (tertiary/aromatic N) is 2. The van der Waals surface area contributed by atoms with Gasteiger partial charge in [-0.2, -0.15) is 0 Å². The number of benzene rings is 1. The predicted octanol–water partition coefficient (Wildman–Crippen LogP) is 3.32. The number of likely N-dealkylation sites (N-methyl/N-ethyl adjacent to an activating group) is 1. The van der Waals surface area contributed by atoms with Crippen LogP contribution >= 0.6 is 24.0 Å². The fourth-order valence-corrected chi connectivity index (χ4v) is 2.78. The minimum absolute atomic E-state index is 0. The van der Waals surface area contributed by atoms with E-state index >= 15 is 0 Å². The van der Waals surface area contributed by atoms with Crippen LogP contribution in [0.2, 0.25) is 0 Å². The first kappa shape index (κ1) is 22.8. The first-order chi connectivity index (χ1) is 13.5. The molecule has 1 aromatic carbocycles. The largest absolute Gasteiger partial charge is 0.469 e. The molecule has 3 rings (SSSR count). The molecule has 0 saturated heterocycles. The number of halogens is 1. The maximum absolute atomic E-state index is 11.9. The molecule has 8 heteroatoms. The molecular formula is C21H27IN4O3. The highest BCUT2D eigenvalue weighted by Gasteiger charge is 2.11. The lowest BCUT2D eigenvalue weighted by Gasteiger charge is -2.13. The van der Waals surface area contributed by atoms with E-state index in [9.17, 15) is 4.79 Å². The van der Waals surface area contributed by atoms with Crippen LogP contribution in [0.1, 0.15) is 17.1 Å². The number of aryl methyl sites for hydroxylation is 1. The Hall–Kier alpha value is -2.49. The van der Waals surface area contributed by atoms with Gasteiger partial charge in [-0.05, 0) is 25.1 Å². The van der Waals surface area contributed by atoms with Crippen molar-refractivity contribution in [2.75, 3.05) is 27.2 Å². The van der Waals surface area contributed by atoms with E-state index in [2.05, 4.69) is 15.6 Å². The Morgan fingerprint density at radius 2 is 1.93 bits per heavy atom. The molecule has 0 fully saturated rings. The molecule has 29 heavy (non-hydrogen) atoms. The molecule has 2 heterocycles. The molecule has 0 aliphatic carbocycles. The molecule has 0 unspecified atom stereocenters. The van der Waals surface area contributed by atoms with Crippen LogP contribution in [0.25, 0.3) is 11.0 Å². The van der Waals surface area contributed by atoms with Crippen molar-refractivity contribution in [3.63, 3.8) is 0 Å². The van der Waals surface area contributed by atoms with Crippen molar-refractivity contribution in [1.29, 1.82) is 0 Å². The Morgan fingerprint density at radius 3 is 2.62 bits per heavy atom. The SMILES string of the molecule is Cc1c(CNC(=NCC(=O)N(C)C)NCCc2ccco2)oc2ccccc12.I. The number of para-hydroxylation sites is 1. The molecule has 2 aromatic heterocycles. The summed E-state index contributed by atoms with van der Waals surface area (Å²) in [6, 6.07) is 11.8. The lowest BCUT2D eigenvalue weighted by atomic mass is 10.1. The van der Waals surface area contributed by atoms with E-state index in [0.29, 0.717) is 19.0 Å². The molecule has 0 aliphatic rings. The Balaban J connectivity index is 0.00000300. The zero-order valence-corrected chi connectivity index (χ0v) is 19.2. The Bertz CT molecular complexity index is 948. The quantitative estimate of drug-likeness (QED) is 0.290. The van der Waals surface area contributed by atoms with Gasteiger partial charge in [0.25, 0.3) is 0 Å². The fraction of sp³-hybridized carbons (Fsp3) is 0.333. The molecule has 0 spiro atoms. The summed E-state index contributed by atoms with van der Waals surface area (Å²) in [6.45, 7) is 3.22. The number of nitrogens with one attached hydrogen (secondary N) is 2. The van der Waals surface area contributed by atoms with Crippen LogP contribution in [0.15, 0.2) is 56.5 Å². The van der Waals surface area contributed by atoms with Crippen LogP contribution in [0.5, 0.6) is 0 Å². The molecule has 0 saturated carbocycles. The molecule has 0 radical (unpaired) electrons. The second-order valence-electron chi connectivity index (χ2n) is 6.71. The van der Waals surface area contributed by atoms with E-state index < -0.39 is 0 Å². The molecular weight excluding hydrogens is 483 g/mol. The van der Waals surface area contributed by atoms with Crippen molar-refractivity contribution < 1.29 is 13.6 Å². The molecule has 0 atom stereocenters. The summed E-state index contributed by atoms with van der Waals surface area (Å²) in [4.78, 5) is 17.8. The summed E-state index contributed by atoms with van der Waals surface area (Å²) < 4.78 is 11.3. The van der Waals surface area contributed by atoms with E-state index in [-0.39, 0.29) is 36.4 Å². The maximum atomic E-state index is 11.9. The number of fused-ring (bicyclic) bond motifs is 1. The molecule has 3 aromatic rings. The fourth-order valence-electron chi connectivity index (χ4n) is 2.78. The molecule has 0 bridgehead atoms. The monoisotopic (exact) mass is 510 g/mol. The van der Waals surface area contributed by atoms with Crippen LogP contribution in [-0.4, -0.2) is 44.0 Å². The third kappa shape index (κ3) is 6.25. The van der Waals surface area contributed by atoms with Crippen LogP contribution in [0.4, 0.5) is 0 Å². The Morgan fingerprint density at radius 1 is 1.14 bits per heavy atom. The van der Waals surface area contributed by atoms with Crippen LogP contribution in [-0.2, 0) is 17.8 Å². The second-order valence-corrected chi connectivity index (χ2v) is 6.71. The normalized spacial score (nSPS) is 11.2. The van der Waals surface area contributed by atoms with Gasteiger partial charge in [-0.25, -0.2) is 4.99 Å². The summed E-state index contributed by atoms with van der Waals surface area (Å²) in [5.74, 6) is 2.23. The average molecular weight is 510 g/mol. The van der Waals surface area contributed by atoms with Crippen LogP contribution in [0, 0.1) is 6.92 Å². The van der Waals surface area contributed by atoms with Gasteiger partial charge in [0.2, 0.25) is 5.91 Å². The van der Waals surface area contributed by atoms with E-state index in [1.54, 1.807) is 20.4 Å². The van der Waals surface area contributed by atoms with Crippen molar-refractivity contribution in [3.8, 4) is 0 Å². The standard InChI is InChI=1S/C21H26N4O3.HI/c1-15-17-8-4-5-9-18(17)28-19(15)13-23-21(24-14-20(26)25(2)3)22-11-10-16-7-6-12-27-16;/h4-9,12H,10-11,13-14H2,1-3H3,(H2,22,23,24);1H. The van der Waals surface area contributed by atoms with Gasteiger partial charge in [-0.15, -0.1) is 24.0 Å². The number of rotatable bonds is 7. The smallest absolute Gasteiger partial charge is 0.243 e. The second kappa shape index (κ2) is 10.9. The average Bonchev–Trinajstić information content (AvgIpc) is 3.31. The van der Waals surface area contributed by atoms with Gasteiger partial charge >= 0.3 is 0 Å². The summed E-state index contributed by atoms with van der Waals surface area (Å²) in [5.41, 5.74) is 1.96. The predicted molar refractivity (Wildman–Crippen MR) is 125 cm³/mol. The number of furan rings is 2. The van der Waals surface area contributed by atoms with Gasteiger partial charge in [0.15, 0.2) is 5.96 Å². The zero-order chi connectivity index (χ0) is 19.9. The van der Waals surface area contributed by atoms with Gasteiger partial charge in [0.05, 0.1) is 12.8 Å². The van der Waals surface area contributed by atoms with E-state index in [1.807, 2.05) is 43.3 Å². The van der Waals surface area contributed by atoms with Gasteiger partial charge in [-0.1, -0.05) is 18.2 Å². The highest BCUT2D eigenvalue weighted by Crippen LogP contribution is 2.24. The molecule has 2 N–H and O–H groups in total. The highest BCUT2D eigenvalue weighted by molar-refractivity contribution is 14.0. The number of hydrogen-bond acceptors (Lipinski definition) is 4. The van der Waals surface area contributed by atoms with Crippen molar-refractivity contribution in [3.05, 3.63) is 59.7 Å². The summed E-state index contributed by atoms with van der Waals surface area (Å²) in [7, 11) is 3.43. The number of carbonyl (C=O) groups is 1. The third-order valence-electron chi connectivity index (χ3n) is 4.47. The number of carbonyl (C=O) groups excluding carboxylic acids is 1. The maximum Gasteiger partial charge on any atom is 0.243 e. The lowest BCUT2D eigenvalue weighted by Crippen LogP contribution is -2.39. The number of aliphatic imine (C=N–C) groups is 1. The van der Waals surface area contributed by atoms with E-state index in [1.165, 1.54) is 4.90 Å². The van der Waals surface area contributed by atoms with E-state index in [4.69, 9.17) is 8.83 Å². The Labute approximate surface area is 187 Å². The van der Waals surface area contributed by atoms with Crippen molar-refractivity contribution in [1.82, 2.24) is 15.5 Å². The van der Waals surface area contributed by atoms with Crippen LogP contribution in [0.3, 0.4) is 0 Å². The van der Waals surface area contributed by atoms with Crippen LogP contribution < -0.4 is 10.6 Å². The third-order valence-corrected chi connectivity index (χ3v) is 4.47. The van der Waals surface area contributed by atoms with Crippen molar-refractivity contribution in [2.24, 2.45) is 4.99 Å². The highest BCUT2D eigenvalue weighted by atomic mass is 127. The minimum atomic E-state index is -0.0629. The summed E-state index contributed by atoms with van der Waals surface area (Å²) in [5, 5.41) is 7.60. The number of amides is 1. The summed E-state index contributed by atoms with van der Waals surface area (Å²) in [6.07, 6.45) is 2.38. The van der Waals surface area contributed by atoms with Gasteiger partial charge in [0.1, 0.15) is 23.6 Å². The molecule has 7 nitrogen and oxygen atoms in total. The number of guanidine groups is 1. The molecule has 0 aliphatic heterocycles. The zero-order valence-electron chi connectivity index (χ0n) is 16.9. The van der Waals surface area contributed by atoms with Crippen molar-refractivity contribution in [2.45, 2.75) is 19.9 Å². The topological polar surface area (TPSA) is 83.0 Å². The molecule has 156 valence electrons. The first-order valence-corrected chi connectivity index (χ1v) is 9.26. The van der Waals surface area contributed by atoms with Gasteiger partial charge < -0.3 is 24.4 Å². The lowest BCUT2D eigenvalue weighted by molar-refractivity contribution is -0.127.